The Kier molecular flexibility index (Phi) is 52.0. The van der Waals surface area contributed by atoms with Crippen LogP contribution in [0.15, 0.2) is 12.2 Å². The molecule has 0 aromatic heterocycles. The molecule has 0 aliphatic rings. The number of unbranched alkanes of at least 4 members (excludes halogenated alkanes) is 40. The summed E-state index contributed by atoms with van der Waals surface area (Å²) in [6, 6.07) is -0.551. The van der Waals surface area contributed by atoms with Crippen LogP contribution in [0, 0.1) is 0 Å². The van der Waals surface area contributed by atoms with Gasteiger partial charge in [0, 0.05) is 12.8 Å². The number of carbonyl (C=O) groups is 2. The van der Waals surface area contributed by atoms with Crippen LogP contribution in [0.25, 0.3) is 0 Å². The minimum atomic E-state index is -0.673. The highest BCUT2D eigenvalue weighted by molar-refractivity contribution is 5.76. The molecule has 6 nitrogen and oxygen atoms in total. The van der Waals surface area contributed by atoms with E-state index in [-0.39, 0.29) is 18.5 Å². The van der Waals surface area contributed by atoms with Crippen LogP contribution in [0.5, 0.6) is 0 Å². The Balaban J connectivity index is 3.45. The molecule has 0 aromatic carbocycles. The fourth-order valence-electron chi connectivity index (χ4n) is 8.92. The van der Waals surface area contributed by atoms with E-state index in [2.05, 4.69) is 31.3 Å². The first kappa shape index (κ1) is 61.6. The Labute approximate surface area is 393 Å². The summed E-state index contributed by atoms with van der Waals surface area (Å²) >= 11 is 0. The molecule has 0 aliphatic heterocycles. The third-order valence-electron chi connectivity index (χ3n) is 13.3. The molecule has 2 atom stereocenters. The first-order chi connectivity index (χ1) is 31.0. The lowest BCUT2D eigenvalue weighted by Gasteiger charge is -2.22. The summed E-state index contributed by atoms with van der Waals surface area (Å²) < 4.78 is 5.44. The summed E-state index contributed by atoms with van der Waals surface area (Å²) in [7, 11) is 0. The van der Waals surface area contributed by atoms with Gasteiger partial charge in [0.1, 0.15) is 0 Å². The summed E-state index contributed by atoms with van der Waals surface area (Å²) in [5, 5.41) is 23.3. The number of hydrogen-bond donors (Lipinski definition) is 3. The van der Waals surface area contributed by atoms with Crippen LogP contribution in [0.2, 0.25) is 0 Å². The Morgan fingerprint density at radius 1 is 0.429 bits per heavy atom. The second-order valence-corrected chi connectivity index (χ2v) is 19.6. The average Bonchev–Trinajstić information content (AvgIpc) is 3.28. The average molecular weight is 891 g/mol. The van der Waals surface area contributed by atoms with Crippen molar-refractivity contribution in [3.63, 3.8) is 0 Å². The first-order valence-electron chi connectivity index (χ1n) is 28.4. The van der Waals surface area contributed by atoms with Crippen LogP contribution in [-0.2, 0) is 14.3 Å². The molecule has 0 fully saturated rings. The molecule has 0 heterocycles. The van der Waals surface area contributed by atoms with Crippen molar-refractivity contribution in [3.8, 4) is 0 Å². The number of rotatable bonds is 53. The van der Waals surface area contributed by atoms with Gasteiger partial charge < -0.3 is 20.3 Å². The summed E-state index contributed by atoms with van der Waals surface area (Å²) in [4.78, 5) is 24.5. The van der Waals surface area contributed by atoms with Gasteiger partial charge in [-0.3, -0.25) is 9.59 Å². The highest BCUT2D eigenvalue weighted by Crippen LogP contribution is 2.18. The van der Waals surface area contributed by atoms with Crippen molar-refractivity contribution in [2.75, 3.05) is 13.2 Å². The van der Waals surface area contributed by atoms with Crippen LogP contribution in [-0.4, -0.2) is 47.4 Å². The standard InChI is InChI=1S/C57H111NO5/c1-3-5-7-9-11-13-15-16-17-18-19-20-21-22-23-24-26-30-33-37-41-45-49-55(60)54(53-59)58-56(61)50-46-42-38-34-31-27-25-28-32-36-40-44-48-52-63-57(62)51-47-43-39-35-29-14-12-10-8-6-4-2/h10,12,54-55,59-60H,3-9,11,13-53H2,1-2H3,(H,58,61)/b12-10-. The maximum atomic E-state index is 12.5. The highest BCUT2D eigenvalue weighted by Gasteiger charge is 2.20. The van der Waals surface area contributed by atoms with E-state index in [1.54, 1.807) is 0 Å². The number of amides is 1. The molecule has 0 bridgehead atoms. The van der Waals surface area contributed by atoms with Crippen LogP contribution < -0.4 is 5.32 Å². The predicted molar refractivity (Wildman–Crippen MR) is 273 cm³/mol. The van der Waals surface area contributed by atoms with Gasteiger partial charge >= 0.3 is 5.97 Å². The molecule has 6 heteroatoms. The molecule has 3 N–H and O–H groups in total. The monoisotopic (exact) mass is 890 g/mol. The number of hydrogen-bond acceptors (Lipinski definition) is 5. The number of nitrogens with one attached hydrogen (secondary N) is 1. The van der Waals surface area contributed by atoms with Gasteiger partial charge in [-0.05, 0) is 44.9 Å². The Morgan fingerprint density at radius 2 is 0.762 bits per heavy atom. The third kappa shape index (κ3) is 49.9. The molecule has 0 rings (SSSR count). The molecule has 0 radical (unpaired) electrons. The van der Waals surface area contributed by atoms with E-state index in [1.807, 2.05) is 0 Å². The lowest BCUT2D eigenvalue weighted by atomic mass is 10.0. The van der Waals surface area contributed by atoms with E-state index in [0.717, 1.165) is 51.4 Å². The Bertz CT molecular complexity index is 939. The zero-order chi connectivity index (χ0) is 45.8. The molecule has 374 valence electrons. The smallest absolute Gasteiger partial charge is 0.305 e. The molecule has 63 heavy (non-hydrogen) atoms. The van der Waals surface area contributed by atoms with Crippen molar-refractivity contribution in [2.24, 2.45) is 0 Å². The van der Waals surface area contributed by atoms with Crippen molar-refractivity contribution in [1.29, 1.82) is 0 Å². The van der Waals surface area contributed by atoms with Crippen LogP contribution in [0.3, 0.4) is 0 Å². The van der Waals surface area contributed by atoms with E-state index >= 15 is 0 Å². The van der Waals surface area contributed by atoms with Crippen molar-refractivity contribution in [2.45, 2.75) is 328 Å². The quantitative estimate of drug-likeness (QED) is 0.0321. The van der Waals surface area contributed by atoms with Gasteiger partial charge in [-0.2, -0.15) is 0 Å². The SMILES string of the molecule is CCCC/C=C\CCCCCCCC(=O)OCCCCCCCCCCCCCCCC(=O)NC(CO)C(O)CCCCCCCCCCCCCCCCCCCCCCCC. The summed E-state index contributed by atoms with van der Waals surface area (Å²) in [5.74, 6) is -0.0605. The number of ether oxygens (including phenoxy) is 1. The maximum absolute atomic E-state index is 12.5. The van der Waals surface area contributed by atoms with E-state index in [4.69, 9.17) is 4.74 Å². The highest BCUT2D eigenvalue weighted by atomic mass is 16.5. The second-order valence-electron chi connectivity index (χ2n) is 19.6. The van der Waals surface area contributed by atoms with Gasteiger partial charge in [0.05, 0.1) is 25.4 Å². The Hall–Kier alpha value is -1.40. The van der Waals surface area contributed by atoms with Crippen molar-refractivity contribution < 1.29 is 24.5 Å². The van der Waals surface area contributed by atoms with E-state index in [0.29, 0.717) is 25.9 Å². The topological polar surface area (TPSA) is 95.9 Å². The first-order valence-corrected chi connectivity index (χ1v) is 28.4. The number of esters is 1. The van der Waals surface area contributed by atoms with E-state index in [1.165, 1.54) is 231 Å². The normalized spacial score (nSPS) is 12.6. The van der Waals surface area contributed by atoms with Gasteiger partial charge in [-0.1, -0.05) is 270 Å². The summed E-state index contributed by atoms with van der Waals surface area (Å²) in [5.41, 5.74) is 0. The molecule has 2 unspecified atom stereocenters. The number of aliphatic hydroxyl groups excluding tert-OH is 2. The number of allylic oxidation sites excluding steroid dienone is 2. The lowest BCUT2D eigenvalue weighted by molar-refractivity contribution is -0.143. The molecular weight excluding hydrogens is 779 g/mol. The van der Waals surface area contributed by atoms with Gasteiger partial charge in [-0.25, -0.2) is 0 Å². The van der Waals surface area contributed by atoms with Crippen molar-refractivity contribution in [3.05, 3.63) is 12.2 Å². The molecule has 0 spiro atoms. The van der Waals surface area contributed by atoms with Crippen LogP contribution in [0.4, 0.5) is 0 Å². The summed E-state index contributed by atoms with van der Waals surface area (Å²) in [6.07, 6.45) is 62.0. The molecule has 0 aliphatic carbocycles. The zero-order valence-electron chi connectivity index (χ0n) is 42.6. The van der Waals surface area contributed by atoms with Crippen LogP contribution >= 0.6 is 0 Å². The minimum Gasteiger partial charge on any atom is -0.466 e. The molecule has 0 aromatic rings. The molecule has 0 saturated heterocycles. The van der Waals surface area contributed by atoms with Gasteiger partial charge in [0.15, 0.2) is 0 Å². The zero-order valence-corrected chi connectivity index (χ0v) is 42.6. The second kappa shape index (κ2) is 53.2. The van der Waals surface area contributed by atoms with Gasteiger partial charge in [0.2, 0.25) is 5.91 Å². The molecule has 1 amide bonds. The van der Waals surface area contributed by atoms with Crippen LogP contribution in [0.1, 0.15) is 316 Å². The fraction of sp³-hybridized carbons (Fsp3) is 0.930. The van der Waals surface area contributed by atoms with Gasteiger partial charge in [0.25, 0.3) is 0 Å². The Morgan fingerprint density at radius 3 is 1.17 bits per heavy atom. The third-order valence-corrected chi connectivity index (χ3v) is 13.3. The molecule has 0 saturated carbocycles. The van der Waals surface area contributed by atoms with Crippen molar-refractivity contribution >= 4 is 11.9 Å². The van der Waals surface area contributed by atoms with Crippen molar-refractivity contribution in [1.82, 2.24) is 5.32 Å². The fourth-order valence-corrected chi connectivity index (χ4v) is 8.92. The van der Waals surface area contributed by atoms with Gasteiger partial charge in [-0.15, -0.1) is 0 Å². The predicted octanol–water partition coefficient (Wildman–Crippen LogP) is 17.3. The molecular formula is C57H111NO5. The largest absolute Gasteiger partial charge is 0.466 e. The number of aliphatic hydroxyl groups is 2. The lowest BCUT2D eigenvalue weighted by Crippen LogP contribution is -2.45. The number of carbonyl (C=O) groups excluding carboxylic acids is 2. The minimum absolute atomic E-state index is 0.0156. The summed E-state index contributed by atoms with van der Waals surface area (Å²) in [6.45, 7) is 4.91. The maximum Gasteiger partial charge on any atom is 0.305 e. The van der Waals surface area contributed by atoms with E-state index < -0.39 is 12.1 Å². The van der Waals surface area contributed by atoms with E-state index in [9.17, 15) is 19.8 Å².